The number of aliphatic hydroxyl groups is 1. The van der Waals surface area contributed by atoms with Crippen LogP contribution in [0.5, 0.6) is 0 Å². The van der Waals surface area contributed by atoms with Crippen LogP contribution in [-0.4, -0.2) is 60.3 Å². The molecule has 0 bridgehead atoms. The van der Waals surface area contributed by atoms with Crippen LogP contribution in [0.4, 0.5) is 4.79 Å². The van der Waals surface area contributed by atoms with Crippen LogP contribution in [0.2, 0.25) is 0 Å². The minimum absolute atomic E-state index is 0.00706. The van der Waals surface area contributed by atoms with Crippen LogP contribution >= 0.6 is 0 Å². The normalized spacial score (nSPS) is 21.4. The fourth-order valence-electron chi connectivity index (χ4n) is 6.21. The van der Waals surface area contributed by atoms with Crippen molar-refractivity contribution in [3.05, 3.63) is 83.9 Å². The van der Waals surface area contributed by atoms with E-state index in [1.165, 1.54) is 0 Å². The summed E-state index contributed by atoms with van der Waals surface area (Å²) in [7, 11) is 0. The van der Waals surface area contributed by atoms with Gasteiger partial charge in [-0.15, -0.1) is 0 Å². The molecular weight excluding hydrogens is 598 g/mol. The Balaban J connectivity index is 1.35. The molecule has 4 N–H and O–H groups in total. The number of alkyl carbamates (subject to hydrolysis) is 1. The third kappa shape index (κ3) is 12.2. The molecule has 1 aliphatic heterocycles. The fraction of sp³-hybridized carbons (Fsp3) is 0.514. The number of cyclic esters (lactones) is 1. The molecule has 47 heavy (non-hydrogen) atoms. The first-order valence-corrected chi connectivity index (χ1v) is 16.9. The molecule has 0 spiro atoms. The molecule has 10 heteroatoms. The first kappa shape index (κ1) is 35.7. The van der Waals surface area contributed by atoms with Gasteiger partial charge in [-0.25, -0.2) is 4.79 Å². The minimum Gasteiger partial charge on any atom is -0.463 e. The van der Waals surface area contributed by atoms with Crippen molar-refractivity contribution in [1.29, 1.82) is 0 Å². The number of amides is 3. The summed E-state index contributed by atoms with van der Waals surface area (Å²) >= 11 is 0. The molecule has 1 aliphatic carbocycles. The van der Waals surface area contributed by atoms with Crippen LogP contribution in [0.25, 0.3) is 0 Å². The number of hydrogen-bond acceptors (Lipinski definition) is 7. The smallest absolute Gasteiger partial charge is 0.407 e. The summed E-state index contributed by atoms with van der Waals surface area (Å²) in [6.45, 7) is 0.476. The Labute approximate surface area is 277 Å². The lowest BCUT2D eigenvalue weighted by Crippen LogP contribution is -2.50. The lowest BCUT2D eigenvalue weighted by Gasteiger charge is -2.29. The molecule has 2 aliphatic rings. The largest absolute Gasteiger partial charge is 0.463 e. The molecule has 1 fully saturated rings. The predicted molar refractivity (Wildman–Crippen MR) is 178 cm³/mol. The van der Waals surface area contributed by atoms with Gasteiger partial charge in [-0.2, -0.15) is 0 Å². The van der Waals surface area contributed by atoms with E-state index in [-0.39, 0.29) is 49.9 Å². The van der Waals surface area contributed by atoms with Crippen molar-refractivity contribution >= 4 is 23.9 Å². The van der Waals surface area contributed by atoms with Gasteiger partial charge in [-0.05, 0) is 62.5 Å². The Hall–Kier alpha value is -4.18. The van der Waals surface area contributed by atoms with E-state index in [9.17, 15) is 24.3 Å². The van der Waals surface area contributed by atoms with Crippen molar-refractivity contribution in [1.82, 2.24) is 16.0 Å². The van der Waals surface area contributed by atoms with E-state index in [2.05, 4.69) is 16.0 Å². The molecule has 1 saturated carbocycles. The zero-order valence-electron chi connectivity index (χ0n) is 27.2. The highest BCUT2D eigenvalue weighted by atomic mass is 16.5. The highest BCUT2D eigenvalue weighted by Crippen LogP contribution is 2.29. The Morgan fingerprint density at radius 2 is 1.57 bits per heavy atom. The van der Waals surface area contributed by atoms with Crippen LogP contribution in [0.15, 0.2) is 72.8 Å². The molecule has 0 radical (unpaired) electrons. The first-order chi connectivity index (χ1) is 22.9. The third-order valence-corrected chi connectivity index (χ3v) is 8.97. The van der Waals surface area contributed by atoms with Gasteiger partial charge in [0, 0.05) is 13.0 Å². The lowest BCUT2D eigenvalue weighted by atomic mass is 9.93. The number of rotatable bonds is 13. The van der Waals surface area contributed by atoms with Crippen LogP contribution in [0.1, 0.15) is 75.3 Å². The molecule has 2 aromatic carbocycles. The van der Waals surface area contributed by atoms with Gasteiger partial charge in [0.15, 0.2) is 0 Å². The Kier molecular flexibility index (Phi) is 14.3. The number of hydrogen-bond donors (Lipinski definition) is 4. The second kappa shape index (κ2) is 18.8. The van der Waals surface area contributed by atoms with Gasteiger partial charge in [0.1, 0.15) is 13.2 Å². The average Bonchev–Trinajstić information content (AvgIpc) is 3.55. The van der Waals surface area contributed by atoms with Crippen LogP contribution < -0.4 is 16.0 Å². The molecule has 1 heterocycles. The molecular formula is C37H49N3O7. The predicted octanol–water partition coefficient (Wildman–Crippen LogP) is 4.75. The quantitative estimate of drug-likeness (QED) is 0.140. The van der Waals surface area contributed by atoms with E-state index >= 15 is 0 Å². The van der Waals surface area contributed by atoms with Crippen LogP contribution in [-0.2, 0) is 36.9 Å². The first-order valence-electron chi connectivity index (χ1n) is 16.9. The second-order valence-electron chi connectivity index (χ2n) is 12.7. The fourth-order valence-corrected chi connectivity index (χ4v) is 6.21. The minimum atomic E-state index is -0.616. The number of esters is 1. The number of allylic oxidation sites excluding steroid dienone is 2. The molecule has 3 amide bonds. The highest BCUT2D eigenvalue weighted by Gasteiger charge is 2.36. The topological polar surface area (TPSA) is 143 Å². The molecule has 0 unspecified atom stereocenters. The maximum absolute atomic E-state index is 13.5. The zero-order valence-corrected chi connectivity index (χ0v) is 27.2. The van der Waals surface area contributed by atoms with Gasteiger partial charge in [0.2, 0.25) is 11.8 Å². The maximum Gasteiger partial charge on any atom is 0.407 e. The molecule has 4 rings (SSSR count). The van der Waals surface area contributed by atoms with Crippen LogP contribution in [0.3, 0.4) is 0 Å². The third-order valence-electron chi connectivity index (χ3n) is 8.97. The van der Waals surface area contributed by atoms with Crippen molar-refractivity contribution < 1.29 is 33.8 Å². The molecule has 10 nitrogen and oxygen atoms in total. The Bertz CT molecular complexity index is 1310. The monoisotopic (exact) mass is 647 g/mol. The van der Waals surface area contributed by atoms with Crippen LogP contribution in [0, 0.1) is 11.8 Å². The average molecular weight is 648 g/mol. The van der Waals surface area contributed by atoms with Gasteiger partial charge in [0.05, 0.1) is 30.0 Å². The maximum atomic E-state index is 13.5. The molecule has 0 saturated heterocycles. The standard InChI is InChI=1S/C37H49N3O7/c41-27-37(20-10-11-21-37)40-33(42)24-30-17-7-8-18-31(23-28-13-3-1-4-14-28)35(44)46-26-32(39-34(30)43)19-9-12-22-38-36(45)47-25-29-15-5-2-6-16-29/h1-8,13-16,30-32,41H,9-12,17-27H2,(H,38,45)(H,39,43)(H,40,42)/t30-,31-,32+/m1/s1. The number of aliphatic hydroxyl groups excluding tert-OH is 1. The number of benzene rings is 2. The number of nitrogens with one attached hydrogen (secondary N) is 3. The summed E-state index contributed by atoms with van der Waals surface area (Å²) in [5.74, 6) is -1.85. The van der Waals surface area contributed by atoms with E-state index in [0.29, 0.717) is 45.1 Å². The Morgan fingerprint density at radius 1 is 0.915 bits per heavy atom. The van der Waals surface area contributed by atoms with Crippen molar-refractivity contribution in [3.63, 3.8) is 0 Å². The molecule has 3 atom stereocenters. The Morgan fingerprint density at radius 3 is 2.26 bits per heavy atom. The summed E-state index contributed by atoms with van der Waals surface area (Å²) in [4.78, 5) is 52.0. The zero-order chi connectivity index (χ0) is 33.3. The van der Waals surface area contributed by atoms with Gasteiger partial charge in [0.25, 0.3) is 0 Å². The molecule has 2 aromatic rings. The van der Waals surface area contributed by atoms with E-state index in [1.807, 2.05) is 72.8 Å². The van der Waals surface area contributed by atoms with E-state index in [4.69, 9.17) is 9.47 Å². The van der Waals surface area contributed by atoms with Gasteiger partial charge in [-0.1, -0.05) is 85.7 Å². The van der Waals surface area contributed by atoms with E-state index in [0.717, 1.165) is 36.8 Å². The van der Waals surface area contributed by atoms with Gasteiger partial charge < -0.3 is 30.5 Å². The van der Waals surface area contributed by atoms with Crippen molar-refractivity contribution in [2.45, 2.75) is 88.8 Å². The molecule has 0 aromatic heterocycles. The number of carbonyl (C=O) groups excluding carboxylic acids is 4. The lowest BCUT2D eigenvalue weighted by molar-refractivity contribution is -0.150. The number of ether oxygens (including phenoxy) is 2. The summed E-state index contributed by atoms with van der Waals surface area (Å²) in [5.41, 5.74) is 1.33. The van der Waals surface area contributed by atoms with Gasteiger partial charge >= 0.3 is 12.1 Å². The SMILES string of the molecule is O=C(C[C@H]1CC=CC[C@H](Cc2ccccc2)C(=O)OC[C@H](CCCCNC(=O)OCc2ccccc2)NC1=O)NC1(CO)CCCC1. The highest BCUT2D eigenvalue weighted by molar-refractivity contribution is 5.86. The summed E-state index contributed by atoms with van der Waals surface area (Å²) in [6, 6.07) is 18.8. The number of carbonyl (C=O) groups is 4. The summed E-state index contributed by atoms with van der Waals surface area (Å²) in [6.07, 6.45) is 9.75. The van der Waals surface area contributed by atoms with Crippen molar-refractivity contribution in [2.75, 3.05) is 19.8 Å². The van der Waals surface area contributed by atoms with Crippen molar-refractivity contribution in [3.8, 4) is 0 Å². The summed E-state index contributed by atoms with van der Waals surface area (Å²) < 4.78 is 11.0. The molecule has 254 valence electrons. The number of unbranched alkanes of at least 4 members (excludes halogenated alkanes) is 1. The van der Waals surface area contributed by atoms with Gasteiger partial charge in [-0.3, -0.25) is 14.4 Å². The van der Waals surface area contributed by atoms with E-state index < -0.39 is 23.6 Å². The second-order valence-corrected chi connectivity index (χ2v) is 12.7. The van der Waals surface area contributed by atoms with E-state index in [1.54, 1.807) is 0 Å². The van der Waals surface area contributed by atoms with Crippen molar-refractivity contribution in [2.24, 2.45) is 11.8 Å². The summed E-state index contributed by atoms with van der Waals surface area (Å²) in [5, 5.41) is 18.8.